The number of ether oxygens (including phenoxy) is 6. The number of pyridine rings is 2. The Balaban J connectivity index is 0.000000180. The van der Waals surface area contributed by atoms with Crippen LogP contribution in [0.5, 0.6) is 17.2 Å². The number of nitrogens with zero attached hydrogens (tertiary/aromatic N) is 3. The quantitative estimate of drug-likeness (QED) is 0.0495. The van der Waals surface area contributed by atoms with Gasteiger partial charge in [-0.25, -0.2) is 19.4 Å². The highest BCUT2D eigenvalue weighted by molar-refractivity contribution is 6.28. The van der Waals surface area contributed by atoms with Crippen LogP contribution in [0.3, 0.4) is 0 Å². The SMILES string of the molecule is CC[C@@]1(O)C(=O)OCc2c1cc1n(c2=O)Cc2cc3c(CN(C)C)c(O)ccc3nc2-1.CO[C@@H]1[C@@H](N)[C@@H](O[C@H]2[C@H](Oc3cccc4c(O)c5c(=O)oc6ccc(C)c7c(=O)oc(c34)c5c67)O[C@H](C)[C@H](O)[C@]2(C)O)O[C@H](C)[C@@H]1O. The Morgan fingerprint density at radius 1 is 0.885 bits per heavy atom. The molecule has 0 unspecified atom stereocenters. The van der Waals surface area contributed by atoms with E-state index in [-0.39, 0.29) is 68.2 Å². The van der Waals surface area contributed by atoms with Gasteiger partial charge in [-0.15, -0.1) is 0 Å². The lowest BCUT2D eigenvalue weighted by molar-refractivity contribution is -0.356. The largest absolute Gasteiger partial charge is 0.508 e. The Morgan fingerprint density at radius 3 is 2.33 bits per heavy atom. The fourth-order valence-electron chi connectivity index (χ4n) is 11.5. The summed E-state index contributed by atoms with van der Waals surface area (Å²) in [5, 5.41) is 67.5. The van der Waals surface area contributed by atoms with Crippen LogP contribution in [0, 0.1) is 6.92 Å². The molecular formula is C56H58N4O18. The van der Waals surface area contributed by atoms with Crippen molar-refractivity contribution in [3.05, 3.63) is 114 Å². The standard InChI is InChI=1S/C33H35NO13.C23H23N3O5/c1-11-9-10-16-19-17(11)29(38)46-25-18-14(24(36)21(20(19)25)30(39)44-16)7-6-8-15(18)45-32-28(33(4,40)27(37)13(3)43-32)47-31-22(34)26(41-5)23(35)12(2)42-31;1-4-23(30)16-8-18-20-12(9-26(18)21(28)15(16)11-31-22(23)29)7-13-14(10-25(2)3)19(27)6-5-17(13)24-20/h6-10,12-13,22-23,26-28,31-32,35-37,40H,34H2,1-5H3;5-8,27,30H,4,9-11H2,1-3H3/t12-,13-,22-,23+,26-,27+,28+,31-,32+,33+;23-/m10/s1. The van der Waals surface area contributed by atoms with Gasteiger partial charge in [0.25, 0.3) is 5.56 Å². The van der Waals surface area contributed by atoms with Gasteiger partial charge in [0.05, 0.1) is 58.0 Å². The van der Waals surface area contributed by atoms with Gasteiger partial charge in [-0.3, -0.25) is 4.79 Å². The van der Waals surface area contributed by atoms with Crippen molar-refractivity contribution in [3.63, 3.8) is 0 Å². The van der Waals surface area contributed by atoms with E-state index >= 15 is 0 Å². The van der Waals surface area contributed by atoms with Gasteiger partial charge in [-0.1, -0.05) is 25.1 Å². The number of aromatic hydroxyl groups is 2. The molecule has 22 nitrogen and oxygen atoms in total. The molecule has 4 aliphatic heterocycles. The minimum Gasteiger partial charge on any atom is -0.508 e. The van der Waals surface area contributed by atoms with Gasteiger partial charge in [0.2, 0.25) is 6.29 Å². The molecule has 0 radical (unpaired) electrons. The third kappa shape index (κ3) is 8.03. The van der Waals surface area contributed by atoms with Crippen molar-refractivity contribution in [2.24, 2.45) is 5.73 Å². The zero-order chi connectivity index (χ0) is 55.8. The van der Waals surface area contributed by atoms with Gasteiger partial charge in [-0.2, -0.15) is 0 Å². The summed E-state index contributed by atoms with van der Waals surface area (Å²) in [5.41, 5.74) is 5.55. The van der Waals surface area contributed by atoms with Crippen LogP contribution in [0.2, 0.25) is 0 Å². The first kappa shape index (κ1) is 52.9. The van der Waals surface area contributed by atoms with Crippen molar-refractivity contribution in [3.8, 4) is 28.6 Å². The Hall–Kier alpha value is -7.09. The second-order valence-electron chi connectivity index (χ2n) is 21.0. The molecule has 0 saturated carbocycles. The average molecular weight is 1080 g/mol. The Morgan fingerprint density at radius 2 is 1.62 bits per heavy atom. The number of aryl methyl sites for hydroxylation is 1. The molecule has 4 aliphatic rings. The van der Waals surface area contributed by atoms with E-state index in [0.29, 0.717) is 52.1 Å². The van der Waals surface area contributed by atoms with Crippen LogP contribution in [-0.2, 0) is 53.8 Å². The second-order valence-corrected chi connectivity index (χ2v) is 21.0. The van der Waals surface area contributed by atoms with Crippen molar-refractivity contribution in [1.29, 1.82) is 0 Å². The first-order valence-corrected chi connectivity index (χ1v) is 25.4. The molecule has 410 valence electrons. The zero-order valence-electron chi connectivity index (χ0n) is 43.7. The summed E-state index contributed by atoms with van der Waals surface area (Å²) < 4.78 is 48.0. The van der Waals surface area contributed by atoms with Gasteiger partial charge in [-0.05, 0) is 90.2 Å². The molecule has 0 spiro atoms. The van der Waals surface area contributed by atoms with Crippen molar-refractivity contribution in [2.75, 3.05) is 21.2 Å². The average Bonchev–Trinajstić information content (AvgIpc) is 3.93. The molecule has 0 bridgehead atoms. The molecule has 8 heterocycles. The molecule has 12 rings (SSSR count). The van der Waals surface area contributed by atoms with Crippen LogP contribution in [0.4, 0.5) is 0 Å². The van der Waals surface area contributed by atoms with E-state index in [2.05, 4.69) is 0 Å². The van der Waals surface area contributed by atoms with Crippen molar-refractivity contribution >= 4 is 60.4 Å². The molecule has 78 heavy (non-hydrogen) atoms. The topological polar surface area (TPSA) is 318 Å². The fraction of sp³-hybridized carbons (Fsp3) is 0.411. The van der Waals surface area contributed by atoms with E-state index < -0.39 is 89.4 Å². The summed E-state index contributed by atoms with van der Waals surface area (Å²) in [6, 6.07) is 13.8. The second kappa shape index (κ2) is 19.1. The van der Waals surface area contributed by atoms with Crippen LogP contribution in [0.25, 0.3) is 65.8 Å². The number of phenolic OH excluding ortho intramolecular Hbond substituents is 2. The zero-order valence-corrected chi connectivity index (χ0v) is 43.7. The maximum atomic E-state index is 13.4. The van der Waals surface area contributed by atoms with Crippen molar-refractivity contribution in [1.82, 2.24) is 14.5 Å². The van der Waals surface area contributed by atoms with Crippen molar-refractivity contribution < 1.29 is 72.7 Å². The summed E-state index contributed by atoms with van der Waals surface area (Å²) in [5.74, 6) is -0.918. The number of fused-ring (bicyclic) bond motifs is 7. The molecule has 2 saturated heterocycles. The Labute approximate surface area is 442 Å². The molecule has 4 aromatic heterocycles. The minimum atomic E-state index is -1.99. The lowest BCUT2D eigenvalue weighted by atomic mass is 9.86. The number of rotatable bonds is 8. The number of benzene rings is 4. The molecule has 11 atom stereocenters. The number of hydrogen-bond acceptors (Lipinski definition) is 21. The number of aliphatic hydroxyl groups excluding tert-OH is 2. The number of carbonyl (C=O) groups excluding carboxylic acids is 1. The van der Waals surface area contributed by atoms with E-state index in [1.807, 2.05) is 25.1 Å². The molecule has 0 amide bonds. The van der Waals surface area contributed by atoms with Crippen LogP contribution in [-0.4, -0.2) is 133 Å². The molecule has 8 N–H and O–H groups in total. The summed E-state index contributed by atoms with van der Waals surface area (Å²) >= 11 is 0. The number of phenols is 2. The maximum Gasteiger partial charge on any atom is 0.348 e. The predicted octanol–water partition coefficient (Wildman–Crippen LogP) is 3.57. The van der Waals surface area contributed by atoms with Gasteiger partial charge in [0.15, 0.2) is 23.6 Å². The highest BCUT2D eigenvalue weighted by Gasteiger charge is 2.56. The predicted molar refractivity (Wildman–Crippen MR) is 280 cm³/mol. The first-order chi connectivity index (χ1) is 37.0. The first-order valence-electron chi connectivity index (χ1n) is 25.4. The Kier molecular flexibility index (Phi) is 12.9. The molecule has 4 aromatic carbocycles. The monoisotopic (exact) mass is 1070 g/mol. The van der Waals surface area contributed by atoms with Crippen LogP contribution in [0.1, 0.15) is 61.9 Å². The van der Waals surface area contributed by atoms with E-state index in [1.165, 1.54) is 33.1 Å². The minimum absolute atomic E-state index is 0.0328. The molecule has 0 aliphatic carbocycles. The lowest BCUT2D eigenvalue weighted by Gasteiger charge is -2.50. The van der Waals surface area contributed by atoms with E-state index in [4.69, 9.17) is 48.0 Å². The van der Waals surface area contributed by atoms with E-state index in [1.54, 1.807) is 61.7 Å². The maximum absolute atomic E-state index is 13.4. The van der Waals surface area contributed by atoms with E-state index in [9.17, 15) is 49.8 Å². The molecular weight excluding hydrogens is 1020 g/mol. The number of esters is 1. The summed E-state index contributed by atoms with van der Waals surface area (Å²) in [6.07, 6.45) is -9.11. The molecule has 22 heteroatoms. The van der Waals surface area contributed by atoms with Gasteiger partial charge < -0.3 is 83.1 Å². The normalized spacial score (nSPS) is 27.8. The van der Waals surface area contributed by atoms with Crippen LogP contribution < -0.4 is 27.3 Å². The third-order valence-electron chi connectivity index (χ3n) is 15.8. The number of hydrogen-bond donors (Lipinski definition) is 7. The Bertz CT molecular complexity index is 3940. The number of aromatic nitrogens is 2. The van der Waals surface area contributed by atoms with E-state index in [0.717, 1.165) is 16.5 Å². The highest BCUT2D eigenvalue weighted by atomic mass is 16.8. The number of methoxy groups -OCH3 is 1. The number of cyclic esters (lactones) is 1. The highest BCUT2D eigenvalue weighted by Crippen LogP contribution is 2.47. The molecule has 8 aromatic rings. The molecule has 2 fully saturated rings. The number of carbonyl (C=O) groups is 1. The summed E-state index contributed by atoms with van der Waals surface area (Å²) in [4.78, 5) is 58.9. The van der Waals surface area contributed by atoms with Crippen LogP contribution >= 0.6 is 0 Å². The fourth-order valence-corrected chi connectivity index (χ4v) is 11.5. The van der Waals surface area contributed by atoms with Gasteiger partial charge in [0, 0.05) is 51.9 Å². The number of aliphatic hydroxyl groups is 4. The summed E-state index contributed by atoms with van der Waals surface area (Å²) in [6.45, 7) is 8.62. The van der Waals surface area contributed by atoms with Gasteiger partial charge in [0.1, 0.15) is 58.7 Å². The van der Waals surface area contributed by atoms with Crippen LogP contribution in [0.15, 0.2) is 77.8 Å². The number of nitrogens with two attached hydrogens (primary N) is 1. The lowest BCUT2D eigenvalue weighted by Crippen LogP contribution is -2.69. The van der Waals surface area contributed by atoms with Crippen molar-refractivity contribution in [2.45, 2.75) is 127 Å². The summed E-state index contributed by atoms with van der Waals surface area (Å²) in [7, 11) is 5.24. The van der Waals surface area contributed by atoms with Gasteiger partial charge >= 0.3 is 17.2 Å². The third-order valence-corrected chi connectivity index (χ3v) is 15.8. The smallest absolute Gasteiger partial charge is 0.348 e.